The fraction of sp³-hybridized carbons (Fsp3) is 0.333. The van der Waals surface area contributed by atoms with Crippen LogP contribution in [0.25, 0.3) is 5.78 Å². The lowest BCUT2D eigenvalue weighted by molar-refractivity contribution is 0.887. The highest BCUT2D eigenvalue weighted by molar-refractivity contribution is 9.10. The van der Waals surface area contributed by atoms with Crippen molar-refractivity contribution in [2.75, 3.05) is 6.54 Å². The first kappa shape index (κ1) is 9.61. The van der Waals surface area contributed by atoms with Crippen molar-refractivity contribution >= 4 is 21.7 Å². The molecule has 5 heteroatoms. The van der Waals surface area contributed by atoms with Gasteiger partial charge in [0, 0.05) is 24.5 Å². The highest BCUT2D eigenvalue weighted by Gasteiger charge is 2.08. The van der Waals surface area contributed by atoms with E-state index in [2.05, 4.69) is 25.9 Å². The third kappa shape index (κ3) is 1.53. The first-order valence-electron chi connectivity index (χ1n) is 4.41. The molecule has 2 aromatic rings. The van der Waals surface area contributed by atoms with E-state index in [1.807, 2.05) is 17.5 Å². The molecule has 0 aliphatic heterocycles. The lowest BCUT2D eigenvalue weighted by Crippen LogP contribution is -2.06. The first-order chi connectivity index (χ1) is 6.72. The van der Waals surface area contributed by atoms with E-state index in [-0.39, 0.29) is 0 Å². The molecule has 0 amide bonds. The summed E-state index contributed by atoms with van der Waals surface area (Å²) in [6.45, 7) is 2.61. The SMILES string of the molecule is Cc1nc2ncc(Br)cn2c1CCN. The van der Waals surface area contributed by atoms with E-state index in [0.29, 0.717) is 6.54 Å². The number of hydrogen-bond donors (Lipinski definition) is 1. The van der Waals surface area contributed by atoms with E-state index in [4.69, 9.17) is 5.73 Å². The van der Waals surface area contributed by atoms with Gasteiger partial charge >= 0.3 is 0 Å². The van der Waals surface area contributed by atoms with E-state index in [0.717, 1.165) is 28.1 Å². The van der Waals surface area contributed by atoms with Crippen LogP contribution in [-0.2, 0) is 6.42 Å². The van der Waals surface area contributed by atoms with Crippen LogP contribution in [0, 0.1) is 6.92 Å². The van der Waals surface area contributed by atoms with Crippen molar-refractivity contribution in [3.63, 3.8) is 0 Å². The molecule has 0 bridgehead atoms. The molecule has 0 fully saturated rings. The fourth-order valence-corrected chi connectivity index (χ4v) is 1.81. The molecule has 4 nitrogen and oxygen atoms in total. The summed E-state index contributed by atoms with van der Waals surface area (Å²) in [6.07, 6.45) is 4.53. The largest absolute Gasteiger partial charge is 0.330 e. The van der Waals surface area contributed by atoms with Crippen LogP contribution >= 0.6 is 15.9 Å². The second-order valence-electron chi connectivity index (χ2n) is 3.12. The molecule has 2 aromatic heterocycles. The van der Waals surface area contributed by atoms with Crippen LogP contribution < -0.4 is 5.73 Å². The van der Waals surface area contributed by atoms with Crippen LogP contribution in [-0.4, -0.2) is 20.9 Å². The molecule has 0 aliphatic carbocycles. The quantitative estimate of drug-likeness (QED) is 0.879. The van der Waals surface area contributed by atoms with Crippen LogP contribution in [0.4, 0.5) is 0 Å². The fourth-order valence-electron chi connectivity index (χ4n) is 1.50. The lowest BCUT2D eigenvalue weighted by atomic mass is 10.2. The Bertz CT molecular complexity index is 463. The Morgan fingerprint density at radius 3 is 3.07 bits per heavy atom. The van der Waals surface area contributed by atoms with E-state index in [1.165, 1.54) is 0 Å². The molecule has 0 atom stereocenters. The van der Waals surface area contributed by atoms with Gasteiger partial charge in [-0.1, -0.05) is 0 Å². The smallest absolute Gasteiger partial charge is 0.234 e. The maximum absolute atomic E-state index is 5.54. The van der Waals surface area contributed by atoms with Crippen molar-refractivity contribution in [2.45, 2.75) is 13.3 Å². The van der Waals surface area contributed by atoms with Gasteiger partial charge < -0.3 is 5.73 Å². The minimum Gasteiger partial charge on any atom is -0.330 e. The minimum absolute atomic E-state index is 0.626. The van der Waals surface area contributed by atoms with Gasteiger partial charge in [0.05, 0.1) is 10.2 Å². The third-order valence-electron chi connectivity index (χ3n) is 2.13. The van der Waals surface area contributed by atoms with Gasteiger partial charge in [-0.3, -0.25) is 4.40 Å². The Hall–Kier alpha value is -0.940. The van der Waals surface area contributed by atoms with E-state index in [9.17, 15) is 0 Å². The van der Waals surface area contributed by atoms with Gasteiger partial charge in [0.1, 0.15) is 0 Å². The Balaban J connectivity index is 2.66. The van der Waals surface area contributed by atoms with Crippen LogP contribution in [0.15, 0.2) is 16.9 Å². The number of aryl methyl sites for hydroxylation is 1. The second kappa shape index (κ2) is 3.67. The summed E-state index contributed by atoms with van der Waals surface area (Å²) in [5, 5.41) is 0. The molecular weight excluding hydrogens is 244 g/mol. The molecule has 0 aromatic carbocycles. The zero-order valence-electron chi connectivity index (χ0n) is 7.87. The van der Waals surface area contributed by atoms with Gasteiger partial charge in [0.15, 0.2) is 0 Å². The summed E-state index contributed by atoms with van der Waals surface area (Å²) < 4.78 is 2.92. The number of halogens is 1. The molecule has 0 aliphatic rings. The van der Waals surface area contributed by atoms with Crippen LogP contribution in [0.5, 0.6) is 0 Å². The zero-order valence-corrected chi connectivity index (χ0v) is 9.45. The second-order valence-corrected chi connectivity index (χ2v) is 4.04. The highest BCUT2D eigenvalue weighted by atomic mass is 79.9. The van der Waals surface area contributed by atoms with Crippen molar-refractivity contribution in [3.8, 4) is 0 Å². The Labute approximate surface area is 90.3 Å². The molecule has 0 saturated carbocycles. The van der Waals surface area contributed by atoms with Gasteiger partial charge in [0.2, 0.25) is 5.78 Å². The van der Waals surface area contributed by atoms with Gasteiger partial charge in [0.25, 0.3) is 0 Å². The van der Waals surface area contributed by atoms with Gasteiger partial charge in [-0.25, -0.2) is 9.97 Å². The number of nitrogens with two attached hydrogens (primary N) is 1. The van der Waals surface area contributed by atoms with E-state index >= 15 is 0 Å². The predicted molar refractivity (Wildman–Crippen MR) is 58.2 cm³/mol. The standard InChI is InChI=1S/C9H11BrN4/c1-6-8(2-3-11)14-5-7(10)4-12-9(14)13-6/h4-5H,2-3,11H2,1H3. The number of rotatable bonds is 2. The van der Waals surface area contributed by atoms with Crippen molar-refractivity contribution in [1.29, 1.82) is 0 Å². The van der Waals surface area contributed by atoms with E-state index < -0.39 is 0 Å². The summed E-state index contributed by atoms with van der Waals surface area (Å²) >= 11 is 3.38. The number of fused-ring (bicyclic) bond motifs is 1. The monoisotopic (exact) mass is 254 g/mol. The van der Waals surface area contributed by atoms with Gasteiger partial charge in [-0.2, -0.15) is 0 Å². The highest BCUT2D eigenvalue weighted by Crippen LogP contribution is 2.14. The first-order valence-corrected chi connectivity index (χ1v) is 5.21. The molecule has 0 saturated heterocycles. The summed E-state index contributed by atoms with van der Waals surface area (Å²) in [7, 11) is 0. The molecule has 0 spiro atoms. The average molecular weight is 255 g/mol. The summed E-state index contributed by atoms with van der Waals surface area (Å²) in [5.74, 6) is 0.731. The average Bonchev–Trinajstić information content (AvgIpc) is 2.45. The van der Waals surface area contributed by atoms with Crippen LogP contribution in [0.1, 0.15) is 11.4 Å². The minimum atomic E-state index is 0.626. The molecule has 14 heavy (non-hydrogen) atoms. The third-order valence-corrected chi connectivity index (χ3v) is 2.54. The van der Waals surface area contributed by atoms with Crippen LogP contribution in [0.2, 0.25) is 0 Å². The Morgan fingerprint density at radius 1 is 1.57 bits per heavy atom. The Morgan fingerprint density at radius 2 is 2.36 bits per heavy atom. The van der Waals surface area contributed by atoms with Crippen LogP contribution in [0.3, 0.4) is 0 Å². The summed E-state index contributed by atoms with van der Waals surface area (Å²) in [4.78, 5) is 8.56. The van der Waals surface area contributed by atoms with E-state index in [1.54, 1.807) is 6.20 Å². The lowest BCUT2D eigenvalue weighted by Gasteiger charge is -2.00. The maximum atomic E-state index is 5.54. The number of aromatic nitrogens is 3. The number of nitrogens with zero attached hydrogens (tertiary/aromatic N) is 3. The van der Waals surface area contributed by atoms with Gasteiger partial charge in [-0.05, 0) is 29.4 Å². The van der Waals surface area contributed by atoms with Crippen molar-refractivity contribution < 1.29 is 0 Å². The topological polar surface area (TPSA) is 56.2 Å². The predicted octanol–water partition coefficient (Wildman–Crippen LogP) is 1.30. The molecule has 0 unspecified atom stereocenters. The van der Waals surface area contributed by atoms with Crippen molar-refractivity contribution in [1.82, 2.24) is 14.4 Å². The molecule has 2 heterocycles. The zero-order chi connectivity index (χ0) is 10.1. The molecule has 2 rings (SSSR count). The molecule has 0 radical (unpaired) electrons. The summed E-state index contributed by atoms with van der Waals surface area (Å²) in [6, 6.07) is 0. The maximum Gasteiger partial charge on any atom is 0.234 e. The van der Waals surface area contributed by atoms with Gasteiger partial charge in [-0.15, -0.1) is 0 Å². The Kier molecular flexibility index (Phi) is 2.52. The van der Waals surface area contributed by atoms with Crippen molar-refractivity contribution in [3.05, 3.63) is 28.3 Å². The number of hydrogen-bond acceptors (Lipinski definition) is 3. The summed E-state index contributed by atoms with van der Waals surface area (Å²) in [5.41, 5.74) is 7.68. The van der Waals surface area contributed by atoms with Crippen molar-refractivity contribution in [2.24, 2.45) is 5.73 Å². The molecular formula is C9H11BrN4. The normalized spacial score (nSPS) is 11.1. The molecule has 74 valence electrons. The molecule has 2 N–H and O–H groups in total. The number of imidazole rings is 1.